The van der Waals surface area contributed by atoms with Gasteiger partial charge in [-0.15, -0.1) is 0 Å². The average molecular weight is 651 g/mol. The van der Waals surface area contributed by atoms with Gasteiger partial charge < -0.3 is 5.32 Å². The molecule has 1 aliphatic heterocycles. The Bertz CT molecular complexity index is 2420. The van der Waals surface area contributed by atoms with Crippen molar-refractivity contribution in [3.05, 3.63) is 207 Å². The first kappa shape index (κ1) is 31.4. The fraction of sp³-hybridized carbons (Fsp3) is 0.0238. The number of dihydropyridines is 1. The van der Waals surface area contributed by atoms with Crippen LogP contribution in [0, 0.1) is 39.9 Å². The zero-order valence-electron chi connectivity index (χ0n) is 26.3. The quantitative estimate of drug-likeness (QED) is 0.146. The first-order valence-corrected chi connectivity index (χ1v) is 15.6. The molecule has 1 saturated carbocycles. The molecule has 7 rings (SSSR count). The molecule has 2 aromatic heterocycles. The molecule has 6 nitrogen and oxygen atoms in total. The molecular formula is C42H24F2N6. The van der Waals surface area contributed by atoms with E-state index in [0.717, 1.165) is 22.3 Å². The predicted octanol–water partition coefficient (Wildman–Crippen LogP) is 8.34. The summed E-state index contributed by atoms with van der Waals surface area (Å²) >= 11 is 0. The number of aromatic nitrogens is 2. The third-order valence-corrected chi connectivity index (χ3v) is 8.34. The number of pyridine rings is 2. The van der Waals surface area contributed by atoms with Gasteiger partial charge in [0.15, 0.2) is 6.30 Å². The number of hydrogen-bond donors (Lipinski definition) is 1. The molecule has 0 bridgehead atoms. The van der Waals surface area contributed by atoms with Gasteiger partial charge in [0.2, 0.25) is 5.95 Å². The van der Waals surface area contributed by atoms with Crippen molar-refractivity contribution in [1.82, 2.24) is 15.3 Å². The van der Waals surface area contributed by atoms with Crippen LogP contribution in [0.25, 0.3) is 16.7 Å². The summed E-state index contributed by atoms with van der Waals surface area (Å²) in [5, 5.41) is 31.6. The van der Waals surface area contributed by atoms with Gasteiger partial charge in [-0.3, -0.25) is 4.98 Å². The molecule has 0 spiro atoms. The van der Waals surface area contributed by atoms with Crippen LogP contribution in [0.4, 0.5) is 8.78 Å². The second-order valence-corrected chi connectivity index (χ2v) is 11.4. The highest BCUT2D eigenvalue weighted by molar-refractivity contribution is 6.12. The summed E-state index contributed by atoms with van der Waals surface area (Å²) in [6.07, 6.45) is 5.06. The van der Waals surface area contributed by atoms with Crippen molar-refractivity contribution in [2.24, 2.45) is 0 Å². The Morgan fingerprint density at radius 3 is 1.58 bits per heavy atom. The summed E-state index contributed by atoms with van der Waals surface area (Å²) in [7, 11) is 0. The Morgan fingerprint density at radius 2 is 1.10 bits per heavy atom. The molecule has 236 valence electrons. The first-order chi connectivity index (χ1) is 24.5. The molecule has 8 heteroatoms. The van der Waals surface area contributed by atoms with Crippen molar-refractivity contribution < 1.29 is 8.78 Å². The largest absolute Gasteiger partial charge is 0.352 e. The van der Waals surface area contributed by atoms with Crippen LogP contribution in [0.1, 0.15) is 44.8 Å². The smallest absolute Gasteiger partial charge is 0.213 e. The molecule has 1 aliphatic carbocycles. The van der Waals surface area contributed by atoms with Crippen LogP contribution in [0.5, 0.6) is 0 Å². The number of alkyl halides is 1. The Hall–Kier alpha value is -7.21. The first-order valence-electron chi connectivity index (χ1n) is 15.6. The number of hydrogen-bond acceptors (Lipinski definition) is 6. The summed E-state index contributed by atoms with van der Waals surface area (Å²) in [6, 6.07) is 37.8. The van der Waals surface area contributed by atoms with E-state index in [1.165, 1.54) is 12.1 Å². The van der Waals surface area contributed by atoms with E-state index in [1.807, 2.05) is 42.5 Å². The summed E-state index contributed by atoms with van der Waals surface area (Å²) < 4.78 is 29.9. The van der Waals surface area contributed by atoms with E-state index in [1.54, 1.807) is 79.0 Å². The summed E-state index contributed by atoms with van der Waals surface area (Å²) in [5.41, 5.74) is 9.22. The minimum Gasteiger partial charge on any atom is -0.352 e. The van der Waals surface area contributed by atoms with Crippen LogP contribution in [0.2, 0.25) is 0 Å². The molecule has 1 atom stereocenters. The number of nitriles is 3. The molecule has 5 aromatic rings. The molecule has 0 radical (unpaired) electrons. The number of rotatable bonds is 6. The maximum Gasteiger partial charge on any atom is 0.213 e. The highest BCUT2D eigenvalue weighted by atomic mass is 19.1. The lowest BCUT2D eigenvalue weighted by Gasteiger charge is -2.19. The summed E-state index contributed by atoms with van der Waals surface area (Å²) in [4.78, 5) is 9.04. The van der Waals surface area contributed by atoms with Gasteiger partial charge in [-0.05, 0) is 89.5 Å². The van der Waals surface area contributed by atoms with E-state index in [0.29, 0.717) is 61.6 Å². The SMILES string of the molecule is N#Cc1ccc(C(C2=CC=CC(F)N2)=C2C(=C(\c3ccc(C#N)cc3)c3ccccn3)/C2=C(\c2ccc(C#N)cc2)c2cccc(F)n2)cc1. The molecule has 1 N–H and O–H groups in total. The zero-order chi connectivity index (χ0) is 34.6. The molecule has 3 heterocycles. The number of nitrogens with one attached hydrogen (secondary N) is 1. The second kappa shape index (κ2) is 13.5. The molecule has 1 unspecified atom stereocenters. The van der Waals surface area contributed by atoms with Crippen molar-refractivity contribution in [2.45, 2.75) is 6.30 Å². The summed E-state index contributed by atoms with van der Waals surface area (Å²) in [5.74, 6) is -0.669. The monoisotopic (exact) mass is 650 g/mol. The van der Waals surface area contributed by atoms with Gasteiger partial charge in [-0.25, -0.2) is 9.37 Å². The van der Waals surface area contributed by atoms with Crippen molar-refractivity contribution >= 4 is 16.7 Å². The third kappa shape index (κ3) is 6.11. The maximum absolute atomic E-state index is 15.0. The van der Waals surface area contributed by atoms with Crippen LogP contribution >= 0.6 is 0 Å². The van der Waals surface area contributed by atoms with Crippen LogP contribution in [-0.2, 0) is 0 Å². The van der Waals surface area contributed by atoms with Gasteiger partial charge in [-0.1, -0.05) is 54.6 Å². The van der Waals surface area contributed by atoms with Gasteiger partial charge >= 0.3 is 0 Å². The predicted molar refractivity (Wildman–Crippen MR) is 186 cm³/mol. The van der Waals surface area contributed by atoms with E-state index in [4.69, 9.17) is 4.98 Å². The molecular weight excluding hydrogens is 627 g/mol. The van der Waals surface area contributed by atoms with Gasteiger partial charge in [0.1, 0.15) is 0 Å². The molecule has 0 amide bonds. The third-order valence-electron chi connectivity index (χ3n) is 8.34. The topological polar surface area (TPSA) is 109 Å². The van der Waals surface area contributed by atoms with E-state index in [-0.39, 0.29) is 0 Å². The number of allylic oxidation sites excluding steroid dienone is 6. The molecule has 3 aromatic carbocycles. The number of halogens is 2. The zero-order valence-corrected chi connectivity index (χ0v) is 26.3. The molecule has 0 saturated heterocycles. The van der Waals surface area contributed by atoms with Gasteiger partial charge in [0.05, 0.1) is 46.3 Å². The molecule has 50 heavy (non-hydrogen) atoms. The second-order valence-electron chi connectivity index (χ2n) is 11.4. The van der Waals surface area contributed by atoms with E-state index >= 15 is 4.39 Å². The van der Waals surface area contributed by atoms with Gasteiger partial charge in [0, 0.05) is 45.3 Å². The highest BCUT2D eigenvalue weighted by Crippen LogP contribution is 2.59. The lowest BCUT2D eigenvalue weighted by molar-refractivity contribution is 0.359. The Balaban J connectivity index is 1.68. The lowest BCUT2D eigenvalue weighted by Crippen LogP contribution is -2.25. The van der Waals surface area contributed by atoms with Crippen molar-refractivity contribution in [2.75, 3.05) is 0 Å². The van der Waals surface area contributed by atoms with Gasteiger partial charge in [-0.2, -0.15) is 20.2 Å². The summed E-state index contributed by atoms with van der Waals surface area (Å²) in [6.45, 7) is 0. The Labute approximate surface area is 287 Å². The van der Waals surface area contributed by atoms with Gasteiger partial charge in [0.25, 0.3) is 0 Å². The van der Waals surface area contributed by atoms with Crippen LogP contribution in [0.15, 0.2) is 156 Å². The number of nitrogens with zero attached hydrogens (tertiary/aromatic N) is 5. The lowest BCUT2D eigenvalue weighted by atomic mass is 9.96. The maximum atomic E-state index is 15.0. The van der Waals surface area contributed by atoms with E-state index in [2.05, 4.69) is 28.5 Å². The fourth-order valence-electron chi connectivity index (χ4n) is 6.05. The van der Waals surface area contributed by atoms with Crippen LogP contribution < -0.4 is 5.32 Å². The normalized spacial score (nSPS) is 17.7. The van der Waals surface area contributed by atoms with E-state index in [9.17, 15) is 20.2 Å². The fourth-order valence-corrected chi connectivity index (χ4v) is 6.05. The van der Waals surface area contributed by atoms with E-state index < -0.39 is 12.2 Å². The Kier molecular flexibility index (Phi) is 8.47. The average Bonchev–Trinajstić information content (AvgIpc) is 3.85. The van der Waals surface area contributed by atoms with Crippen molar-refractivity contribution in [1.29, 1.82) is 15.8 Å². The van der Waals surface area contributed by atoms with Crippen LogP contribution in [-0.4, -0.2) is 16.3 Å². The molecule has 1 fully saturated rings. The highest BCUT2D eigenvalue weighted by Gasteiger charge is 2.42. The van der Waals surface area contributed by atoms with Crippen LogP contribution in [0.3, 0.4) is 0 Å². The minimum atomic E-state index is -1.46. The number of benzene rings is 3. The minimum absolute atomic E-state index is 0.352. The molecule has 2 aliphatic rings. The van der Waals surface area contributed by atoms with Crippen molar-refractivity contribution in [3.63, 3.8) is 0 Å². The standard InChI is InChI=1S/C42H24F2N6/c43-35-8-3-6-33(49-35)38(30-18-12-27(24-46)13-19-30)41-40(37(32-5-1-2-22-48-32)29-16-10-26(23-45)11-17-29)42(41)39(34-7-4-9-36(44)50-34)31-20-14-28(25-47)15-21-31/h1-22,35,49H/b40-37-,41-38?,42-39-. The Morgan fingerprint density at radius 1 is 0.600 bits per heavy atom. The van der Waals surface area contributed by atoms with Crippen molar-refractivity contribution in [3.8, 4) is 18.2 Å².